The number of imidazole rings is 1. The lowest BCUT2D eigenvalue weighted by Crippen LogP contribution is -2.26. The van der Waals surface area contributed by atoms with Gasteiger partial charge in [0.1, 0.15) is 5.52 Å². The number of halogens is 1. The monoisotopic (exact) mass is 339 g/mol. The van der Waals surface area contributed by atoms with Crippen molar-refractivity contribution in [1.29, 1.82) is 0 Å². The zero-order valence-electron chi connectivity index (χ0n) is 12.5. The Hall–Kier alpha value is -1.14. The number of rotatable bonds is 5. The minimum atomic E-state index is 0.281. The molecule has 0 aliphatic heterocycles. The summed E-state index contributed by atoms with van der Waals surface area (Å²) in [6, 6.07) is 2.24. The third-order valence-corrected chi connectivity index (χ3v) is 3.64. The van der Waals surface area contributed by atoms with Gasteiger partial charge in [0.2, 0.25) is 5.95 Å². The van der Waals surface area contributed by atoms with Crippen molar-refractivity contribution >= 4 is 33.0 Å². The fourth-order valence-electron chi connectivity index (χ4n) is 2.56. The van der Waals surface area contributed by atoms with Gasteiger partial charge < -0.3 is 10.6 Å². The first-order valence-corrected chi connectivity index (χ1v) is 7.61. The lowest BCUT2D eigenvalue weighted by Gasteiger charge is -2.25. The van der Waals surface area contributed by atoms with E-state index in [1.807, 2.05) is 6.07 Å². The van der Waals surface area contributed by atoms with E-state index >= 15 is 0 Å². The van der Waals surface area contributed by atoms with E-state index in [9.17, 15) is 0 Å². The Kier molecular flexibility index (Phi) is 4.65. The van der Waals surface area contributed by atoms with Gasteiger partial charge in [0, 0.05) is 17.2 Å². The first-order chi connectivity index (χ1) is 9.38. The molecule has 20 heavy (non-hydrogen) atoms. The number of fused-ring (bicyclic) bond motifs is 1. The standard InChI is InChI=1S/C14H22BrN5/c1-9(2)5-11(8-19(3)4)20-13-12(18-14(20)16)6-10(15)7-17-13/h6-7,9,11H,5,8H2,1-4H3,(H2,16,18). The van der Waals surface area contributed by atoms with Gasteiger partial charge in [-0.2, -0.15) is 0 Å². The quantitative estimate of drug-likeness (QED) is 0.909. The minimum Gasteiger partial charge on any atom is -0.369 e. The van der Waals surface area contributed by atoms with Gasteiger partial charge in [-0.25, -0.2) is 9.97 Å². The third-order valence-electron chi connectivity index (χ3n) is 3.21. The minimum absolute atomic E-state index is 0.281. The molecule has 2 aromatic rings. The average Bonchev–Trinajstić information content (AvgIpc) is 2.61. The second kappa shape index (κ2) is 6.10. The maximum Gasteiger partial charge on any atom is 0.202 e. The molecule has 0 radical (unpaired) electrons. The first kappa shape index (κ1) is 15.3. The Morgan fingerprint density at radius 2 is 2.10 bits per heavy atom. The molecule has 2 rings (SSSR count). The fraction of sp³-hybridized carbons (Fsp3) is 0.571. The number of likely N-dealkylation sites (N-methyl/N-ethyl adjacent to an activating group) is 1. The van der Waals surface area contributed by atoms with E-state index in [1.54, 1.807) is 6.20 Å². The zero-order chi connectivity index (χ0) is 14.9. The summed E-state index contributed by atoms with van der Waals surface area (Å²) < 4.78 is 2.99. The van der Waals surface area contributed by atoms with E-state index < -0.39 is 0 Å². The molecule has 0 saturated heterocycles. The molecule has 1 unspecified atom stereocenters. The molecule has 110 valence electrons. The SMILES string of the molecule is CC(C)CC(CN(C)C)n1c(N)nc2cc(Br)cnc21. The average molecular weight is 340 g/mol. The number of nitrogen functional groups attached to an aromatic ring is 1. The number of anilines is 1. The van der Waals surface area contributed by atoms with E-state index in [4.69, 9.17) is 5.73 Å². The third kappa shape index (κ3) is 3.30. The highest BCUT2D eigenvalue weighted by Gasteiger charge is 2.20. The molecular weight excluding hydrogens is 318 g/mol. The van der Waals surface area contributed by atoms with Crippen molar-refractivity contribution in [2.45, 2.75) is 26.3 Å². The Bertz CT molecular complexity index is 581. The number of hydrogen-bond donors (Lipinski definition) is 1. The van der Waals surface area contributed by atoms with Gasteiger partial charge in [-0.15, -0.1) is 0 Å². The van der Waals surface area contributed by atoms with Gasteiger partial charge in [0.15, 0.2) is 5.65 Å². The van der Waals surface area contributed by atoms with Crippen LogP contribution in [0.1, 0.15) is 26.3 Å². The van der Waals surface area contributed by atoms with Gasteiger partial charge in [-0.3, -0.25) is 4.57 Å². The van der Waals surface area contributed by atoms with Gasteiger partial charge in [-0.05, 0) is 48.4 Å². The van der Waals surface area contributed by atoms with Crippen molar-refractivity contribution in [3.8, 4) is 0 Å². The molecule has 0 amide bonds. The summed E-state index contributed by atoms with van der Waals surface area (Å²) in [4.78, 5) is 11.1. The number of nitrogens with zero attached hydrogens (tertiary/aromatic N) is 4. The molecule has 5 nitrogen and oxygen atoms in total. The smallest absolute Gasteiger partial charge is 0.202 e. The van der Waals surface area contributed by atoms with Crippen LogP contribution in [0.5, 0.6) is 0 Å². The summed E-state index contributed by atoms with van der Waals surface area (Å²) in [6.45, 7) is 5.37. The molecule has 2 heterocycles. The highest BCUT2D eigenvalue weighted by molar-refractivity contribution is 9.10. The number of pyridine rings is 1. The molecule has 0 aliphatic rings. The predicted octanol–water partition coefficient (Wildman–Crippen LogP) is 2.92. The van der Waals surface area contributed by atoms with Crippen LogP contribution in [-0.2, 0) is 0 Å². The molecule has 0 spiro atoms. The summed E-state index contributed by atoms with van der Waals surface area (Å²) in [5.74, 6) is 1.13. The summed E-state index contributed by atoms with van der Waals surface area (Å²) in [5, 5.41) is 0. The van der Waals surface area contributed by atoms with Gasteiger partial charge in [0.05, 0.1) is 6.04 Å². The maximum absolute atomic E-state index is 6.13. The van der Waals surface area contributed by atoms with Crippen molar-refractivity contribution in [3.05, 3.63) is 16.7 Å². The van der Waals surface area contributed by atoms with Crippen LogP contribution >= 0.6 is 15.9 Å². The molecule has 0 aromatic carbocycles. The first-order valence-electron chi connectivity index (χ1n) is 6.82. The zero-order valence-corrected chi connectivity index (χ0v) is 14.1. The molecule has 1 atom stereocenters. The van der Waals surface area contributed by atoms with Gasteiger partial charge in [-0.1, -0.05) is 13.8 Å². The van der Waals surface area contributed by atoms with Crippen LogP contribution < -0.4 is 5.73 Å². The summed E-state index contributed by atoms with van der Waals surface area (Å²) in [6.07, 6.45) is 2.84. The van der Waals surface area contributed by atoms with E-state index in [1.165, 1.54) is 0 Å². The van der Waals surface area contributed by atoms with Gasteiger partial charge in [0.25, 0.3) is 0 Å². The molecule has 0 saturated carbocycles. The van der Waals surface area contributed by atoms with Crippen molar-refractivity contribution in [3.63, 3.8) is 0 Å². The van der Waals surface area contributed by atoms with Crippen LogP contribution in [0.25, 0.3) is 11.2 Å². The largest absolute Gasteiger partial charge is 0.369 e. The van der Waals surface area contributed by atoms with E-state index in [-0.39, 0.29) is 6.04 Å². The molecule has 2 aromatic heterocycles. The van der Waals surface area contributed by atoms with Crippen LogP contribution in [0.15, 0.2) is 16.7 Å². The molecular formula is C14H22BrN5. The Labute approximate surface area is 128 Å². The van der Waals surface area contributed by atoms with E-state index in [0.29, 0.717) is 11.9 Å². The van der Waals surface area contributed by atoms with Crippen LogP contribution in [0.4, 0.5) is 5.95 Å². The van der Waals surface area contributed by atoms with E-state index in [2.05, 4.69) is 63.3 Å². The number of nitrogens with two attached hydrogens (primary N) is 1. The van der Waals surface area contributed by atoms with Crippen LogP contribution in [0, 0.1) is 5.92 Å². The fourth-order valence-corrected chi connectivity index (χ4v) is 2.88. The Morgan fingerprint density at radius 3 is 2.70 bits per heavy atom. The van der Waals surface area contributed by atoms with Crippen LogP contribution in [0.3, 0.4) is 0 Å². The lowest BCUT2D eigenvalue weighted by atomic mass is 10.0. The molecule has 0 bridgehead atoms. The van der Waals surface area contributed by atoms with Gasteiger partial charge >= 0.3 is 0 Å². The highest BCUT2D eigenvalue weighted by atomic mass is 79.9. The predicted molar refractivity (Wildman–Crippen MR) is 86.7 cm³/mol. The second-order valence-corrected chi connectivity index (χ2v) is 6.80. The topological polar surface area (TPSA) is 60.0 Å². The number of aromatic nitrogens is 3. The van der Waals surface area contributed by atoms with Crippen molar-refractivity contribution < 1.29 is 0 Å². The maximum atomic E-state index is 6.13. The summed E-state index contributed by atoms with van der Waals surface area (Å²) >= 11 is 3.42. The van der Waals surface area contributed by atoms with Crippen molar-refractivity contribution in [2.75, 3.05) is 26.4 Å². The van der Waals surface area contributed by atoms with Crippen LogP contribution in [0.2, 0.25) is 0 Å². The molecule has 0 aliphatic carbocycles. The Morgan fingerprint density at radius 1 is 1.40 bits per heavy atom. The molecule has 6 heteroatoms. The molecule has 2 N–H and O–H groups in total. The number of hydrogen-bond acceptors (Lipinski definition) is 4. The lowest BCUT2D eigenvalue weighted by molar-refractivity contribution is 0.294. The summed E-state index contributed by atoms with van der Waals surface area (Å²) in [7, 11) is 4.15. The highest BCUT2D eigenvalue weighted by Crippen LogP contribution is 2.27. The second-order valence-electron chi connectivity index (χ2n) is 5.88. The van der Waals surface area contributed by atoms with E-state index in [0.717, 1.165) is 28.6 Å². The molecule has 0 fully saturated rings. The van der Waals surface area contributed by atoms with Crippen LogP contribution in [-0.4, -0.2) is 40.1 Å². The van der Waals surface area contributed by atoms with Crippen molar-refractivity contribution in [2.24, 2.45) is 5.92 Å². The Balaban J connectivity index is 2.48. The summed E-state index contributed by atoms with van der Waals surface area (Å²) in [5.41, 5.74) is 7.83. The van der Waals surface area contributed by atoms with Crippen molar-refractivity contribution in [1.82, 2.24) is 19.4 Å². The normalized spacial score (nSPS) is 13.6.